The van der Waals surface area contributed by atoms with Gasteiger partial charge < -0.3 is 20.5 Å². The monoisotopic (exact) mass is 386 g/mol. The number of aromatic nitrogens is 3. The summed E-state index contributed by atoms with van der Waals surface area (Å²) in [4.78, 5) is 11.8. The second kappa shape index (κ2) is 7.18. The van der Waals surface area contributed by atoms with Gasteiger partial charge in [0.25, 0.3) is 5.91 Å². The van der Waals surface area contributed by atoms with E-state index in [1.807, 2.05) is 30.3 Å². The molecule has 1 fully saturated rings. The average Bonchev–Trinajstić information content (AvgIpc) is 3.28. The molecule has 1 aliphatic carbocycles. The highest BCUT2D eigenvalue weighted by atomic mass is 32.1. The summed E-state index contributed by atoms with van der Waals surface area (Å²) in [6.45, 7) is -0.384. The van der Waals surface area contributed by atoms with E-state index in [0.717, 1.165) is 29.0 Å². The quantitative estimate of drug-likeness (QED) is 0.589. The van der Waals surface area contributed by atoms with Crippen LogP contribution >= 0.6 is 11.3 Å². The van der Waals surface area contributed by atoms with E-state index in [2.05, 4.69) is 15.4 Å². The Hall–Kier alpha value is -2.62. The predicted molar refractivity (Wildman–Crippen MR) is 97.1 cm³/mol. The number of nitrogens with zero attached hydrogens (tertiary/aromatic N) is 3. The second-order valence-corrected chi connectivity index (χ2v) is 7.59. The molecule has 0 spiro atoms. The van der Waals surface area contributed by atoms with Gasteiger partial charge in [0.1, 0.15) is 16.1 Å². The zero-order valence-electron chi connectivity index (χ0n) is 14.3. The Labute approximate surface area is 158 Å². The molecule has 1 atom stereocenters. The van der Waals surface area contributed by atoms with Crippen LogP contribution in [0, 0.1) is 0 Å². The molecule has 0 saturated heterocycles. The van der Waals surface area contributed by atoms with E-state index in [9.17, 15) is 9.90 Å². The van der Waals surface area contributed by atoms with Crippen molar-refractivity contribution >= 4 is 17.2 Å². The molecular weight excluding hydrogens is 368 g/mol. The van der Waals surface area contributed by atoms with Gasteiger partial charge in [0, 0.05) is 17.0 Å². The number of aliphatic hydroxyl groups excluding tert-OH is 2. The fourth-order valence-corrected chi connectivity index (χ4v) is 4.28. The minimum absolute atomic E-state index is 0.0778. The Morgan fingerprint density at radius 3 is 2.67 bits per heavy atom. The van der Waals surface area contributed by atoms with E-state index < -0.39 is 12.0 Å². The van der Waals surface area contributed by atoms with Crippen molar-refractivity contribution < 1.29 is 19.5 Å². The summed E-state index contributed by atoms with van der Waals surface area (Å²) in [6.07, 6.45) is 0.507. The normalized spacial score (nSPS) is 20.2. The molecule has 1 aliphatic rings. The summed E-state index contributed by atoms with van der Waals surface area (Å²) >= 11 is 1.30. The van der Waals surface area contributed by atoms with Crippen LogP contribution in [0.25, 0.3) is 11.3 Å². The van der Waals surface area contributed by atoms with Crippen LogP contribution in [0.4, 0.5) is 0 Å². The Bertz CT molecular complexity index is 949. The number of hydrogen-bond donors (Lipinski definition) is 3. The van der Waals surface area contributed by atoms with Crippen molar-refractivity contribution in [3.63, 3.8) is 0 Å². The van der Waals surface area contributed by atoms with E-state index in [1.54, 1.807) is 0 Å². The van der Waals surface area contributed by atoms with Gasteiger partial charge in [-0.15, -0.1) is 10.2 Å². The first-order valence-electron chi connectivity index (χ1n) is 8.55. The lowest BCUT2D eigenvalue weighted by Gasteiger charge is -2.33. The third-order valence-corrected chi connectivity index (χ3v) is 5.99. The Morgan fingerprint density at radius 1 is 1.26 bits per heavy atom. The minimum Gasteiger partial charge on any atom is -0.393 e. The van der Waals surface area contributed by atoms with E-state index in [4.69, 9.17) is 15.4 Å². The summed E-state index contributed by atoms with van der Waals surface area (Å²) in [5.74, 6) is 0.214. The lowest BCUT2D eigenvalue weighted by atomic mass is 9.70. The van der Waals surface area contributed by atoms with Crippen LogP contribution in [-0.4, -0.2) is 38.1 Å². The maximum atomic E-state index is 11.8. The number of primary amides is 1. The van der Waals surface area contributed by atoms with Gasteiger partial charge >= 0.3 is 0 Å². The molecule has 1 unspecified atom stereocenters. The number of carbonyl (C=O) groups is 1. The zero-order valence-corrected chi connectivity index (χ0v) is 15.1. The fourth-order valence-electron chi connectivity index (χ4n) is 3.33. The van der Waals surface area contributed by atoms with Gasteiger partial charge in [-0.25, -0.2) is 0 Å². The van der Waals surface area contributed by atoms with Crippen LogP contribution in [0.3, 0.4) is 0 Å². The van der Waals surface area contributed by atoms with Crippen LogP contribution in [0.15, 0.2) is 34.9 Å². The first-order valence-corrected chi connectivity index (χ1v) is 9.37. The highest BCUT2D eigenvalue weighted by Crippen LogP contribution is 2.51. The number of benzene rings is 1. The Morgan fingerprint density at radius 2 is 2.00 bits per heavy atom. The molecule has 2 aromatic heterocycles. The van der Waals surface area contributed by atoms with Gasteiger partial charge in [0.05, 0.1) is 6.61 Å². The first kappa shape index (κ1) is 17.8. The molecule has 3 aromatic rings. The van der Waals surface area contributed by atoms with Gasteiger partial charge in [-0.05, 0) is 18.8 Å². The maximum absolute atomic E-state index is 11.8. The van der Waals surface area contributed by atoms with E-state index in [1.165, 1.54) is 11.3 Å². The zero-order chi connectivity index (χ0) is 19.0. The molecule has 27 heavy (non-hydrogen) atoms. The summed E-state index contributed by atoms with van der Waals surface area (Å²) in [5, 5.41) is 31.9. The van der Waals surface area contributed by atoms with Crippen LogP contribution < -0.4 is 5.73 Å². The molecule has 0 radical (unpaired) electrons. The standard InChI is InChI=1S/C18H18N4O4S/c19-16(25)14-13(15(26-22-14)9-4-2-1-3-5-9)10-6-11(7-10)17-20-21-18(27-17)12(24)8-23/h1-5,10-12,23-24H,6-8H2,(H2,19,25). The summed E-state index contributed by atoms with van der Waals surface area (Å²) < 4.78 is 5.45. The number of rotatable bonds is 6. The molecule has 140 valence electrons. The minimum atomic E-state index is -1.00. The number of hydrogen-bond acceptors (Lipinski definition) is 8. The molecule has 9 heteroatoms. The molecule has 2 heterocycles. The third-order valence-electron chi connectivity index (χ3n) is 4.81. The summed E-state index contributed by atoms with van der Waals surface area (Å²) in [5.41, 5.74) is 7.25. The van der Waals surface area contributed by atoms with Gasteiger partial charge in [0.15, 0.2) is 11.5 Å². The molecule has 1 amide bonds. The van der Waals surface area contributed by atoms with Crippen LogP contribution in [0.5, 0.6) is 0 Å². The number of aliphatic hydroxyl groups is 2. The van der Waals surface area contributed by atoms with Gasteiger partial charge in [-0.1, -0.05) is 46.8 Å². The maximum Gasteiger partial charge on any atom is 0.271 e. The SMILES string of the molecule is NC(=O)c1noc(-c2ccccc2)c1C1CC(c2nnc(C(O)CO)s2)C1. The van der Waals surface area contributed by atoms with Crippen molar-refractivity contribution in [1.29, 1.82) is 0 Å². The van der Waals surface area contributed by atoms with Crippen molar-refractivity contribution in [2.75, 3.05) is 6.61 Å². The lowest BCUT2D eigenvalue weighted by molar-refractivity contribution is 0.0948. The van der Waals surface area contributed by atoms with Crippen LogP contribution in [-0.2, 0) is 0 Å². The van der Waals surface area contributed by atoms with Gasteiger partial charge in [0.2, 0.25) is 0 Å². The van der Waals surface area contributed by atoms with Crippen molar-refractivity contribution in [2.24, 2.45) is 5.73 Å². The molecule has 1 saturated carbocycles. The Kier molecular flexibility index (Phi) is 4.73. The van der Waals surface area contributed by atoms with Crippen molar-refractivity contribution in [3.8, 4) is 11.3 Å². The number of nitrogens with two attached hydrogens (primary N) is 1. The fraction of sp³-hybridized carbons (Fsp3) is 0.333. The Balaban J connectivity index is 1.58. The molecule has 0 bridgehead atoms. The number of amides is 1. The average molecular weight is 386 g/mol. The van der Waals surface area contributed by atoms with Crippen LogP contribution in [0.2, 0.25) is 0 Å². The molecule has 0 aliphatic heterocycles. The highest BCUT2D eigenvalue weighted by molar-refractivity contribution is 7.11. The summed E-state index contributed by atoms with van der Waals surface area (Å²) in [7, 11) is 0. The largest absolute Gasteiger partial charge is 0.393 e. The van der Waals surface area contributed by atoms with Gasteiger partial charge in [-0.2, -0.15) is 0 Å². The highest BCUT2D eigenvalue weighted by Gasteiger charge is 2.39. The molecule has 4 N–H and O–H groups in total. The van der Waals surface area contributed by atoms with E-state index in [0.29, 0.717) is 10.8 Å². The topological polar surface area (TPSA) is 135 Å². The van der Waals surface area contributed by atoms with Crippen molar-refractivity contribution in [2.45, 2.75) is 30.8 Å². The molecule has 1 aromatic carbocycles. The van der Waals surface area contributed by atoms with Crippen molar-refractivity contribution in [3.05, 3.63) is 51.6 Å². The predicted octanol–water partition coefficient (Wildman–Crippen LogP) is 1.98. The lowest BCUT2D eigenvalue weighted by Crippen LogP contribution is -2.23. The molecular formula is C18H18N4O4S. The van der Waals surface area contributed by atoms with Crippen molar-refractivity contribution in [1.82, 2.24) is 15.4 Å². The molecule has 8 nitrogen and oxygen atoms in total. The first-order chi connectivity index (χ1) is 13.1. The van der Waals surface area contributed by atoms with Crippen LogP contribution in [0.1, 0.15) is 56.8 Å². The van der Waals surface area contributed by atoms with E-state index >= 15 is 0 Å². The smallest absolute Gasteiger partial charge is 0.271 e. The van der Waals surface area contributed by atoms with E-state index in [-0.39, 0.29) is 24.1 Å². The summed E-state index contributed by atoms with van der Waals surface area (Å²) in [6, 6.07) is 9.49. The van der Waals surface area contributed by atoms with Gasteiger partial charge in [-0.3, -0.25) is 4.79 Å². The second-order valence-electron chi connectivity index (χ2n) is 6.55. The molecule has 4 rings (SSSR count). The number of carbonyl (C=O) groups excluding carboxylic acids is 1. The third kappa shape index (κ3) is 3.25.